The number of methoxy groups -OCH3 is 1. The van der Waals surface area contributed by atoms with E-state index in [1.165, 1.54) is 12.0 Å². The topological polar surface area (TPSA) is 41.5 Å². The highest BCUT2D eigenvalue weighted by Crippen LogP contribution is 2.34. The van der Waals surface area contributed by atoms with Gasteiger partial charge in [0.25, 0.3) is 0 Å². The van der Waals surface area contributed by atoms with Crippen LogP contribution in [0.2, 0.25) is 5.02 Å². The molecule has 0 radical (unpaired) electrons. The molecular formula is C15H18ClNO2S. The number of nitrogens with one attached hydrogen (secondary N) is 1. The number of hydrogen-bond acceptors (Lipinski definition) is 4. The van der Waals surface area contributed by atoms with Crippen LogP contribution < -0.4 is 10.1 Å². The van der Waals surface area contributed by atoms with Crippen molar-refractivity contribution in [1.29, 1.82) is 0 Å². The van der Waals surface area contributed by atoms with Gasteiger partial charge in [0.05, 0.1) is 7.11 Å². The predicted octanol–water partition coefficient (Wildman–Crippen LogP) is 4.36. The van der Waals surface area contributed by atoms with Gasteiger partial charge in [0.15, 0.2) is 11.5 Å². The zero-order valence-corrected chi connectivity index (χ0v) is 13.1. The number of thiophene rings is 1. The van der Waals surface area contributed by atoms with E-state index < -0.39 is 0 Å². The fourth-order valence-electron chi connectivity index (χ4n) is 2.09. The SMILES string of the molecule is CCC(NCc1cc(Cl)cc(OC)c1O)c1cccs1. The highest BCUT2D eigenvalue weighted by Gasteiger charge is 2.13. The van der Waals surface area contributed by atoms with Gasteiger partial charge in [-0.2, -0.15) is 0 Å². The Morgan fingerprint density at radius 2 is 2.25 bits per heavy atom. The molecule has 0 saturated heterocycles. The number of phenolic OH excluding ortho intramolecular Hbond substituents is 1. The molecule has 1 heterocycles. The lowest BCUT2D eigenvalue weighted by Crippen LogP contribution is -2.19. The molecule has 108 valence electrons. The molecule has 0 aliphatic carbocycles. The molecule has 20 heavy (non-hydrogen) atoms. The Bertz CT molecular complexity index is 557. The highest BCUT2D eigenvalue weighted by molar-refractivity contribution is 7.10. The molecule has 1 unspecified atom stereocenters. The van der Waals surface area contributed by atoms with Crippen molar-refractivity contribution in [1.82, 2.24) is 5.32 Å². The molecule has 0 spiro atoms. The van der Waals surface area contributed by atoms with Crippen LogP contribution in [0.25, 0.3) is 0 Å². The summed E-state index contributed by atoms with van der Waals surface area (Å²) >= 11 is 7.76. The summed E-state index contributed by atoms with van der Waals surface area (Å²) in [4.78, 5) is 1.29. The quantitative estimate of drug-likeness (QED) is 0.833. The average Bonchev–Trinajstić information content (AvgIpc) is 2.96. The van der Waals surface area contributed by atoms with Gasteiger partial charge in [0.2, 0.25) is 0 Å². The standard InChI is InChI=1S/C15H18ClNO2S/c1-3-12(14-5-4-6-20-14)17-9-10-7-11(16)8-13(19-2)15(10)18/h4-8,12,17-18H,3,9H2,1-2H3. The summed E-state index contributed by atoms with van der Waals surface area (Å²) in [6.07, 6.45) is 0.985. The summed E-state index contributed by atoms with van der Waals surface area (Å²) < 4.78 is 5.11. The van der Waals surface area contributed by atoms with Crippen molar-refractivity contribution in [2.45, 2.75) is 25.9 Å². The van der Waals surface area contributed by atoms with E-state index in [0.29, 0.717) is 17.3 Å². The first-order valence-electron chi connectivity index (χ1n) is 6.47. The van der Waals surface area contributed by atoms with Gasteiger partial charge in [0, 0.05) is 34.1 Å². The van der Waals surface area contributed by atoms with Crippen LogP contribution in [0.15, 0.2) is 29.6 Å². The minimum atomic E-state index is 0.144. The minimum Gasteiger partial charge on any atom is -0.504 e. The third kappa shape index (κ3) is 3.45. The van der Waals surface area contributed by atoms with Crippen LogP contribution in [0, 0.1) is 0 Å². The van der Waals surface area contributed by atoms with E-state index in [-0.39, 0.29) is 11.8 Å². The van der Waals surface area contributed by atoms with Crippen molar-refractivity contribution in [3.05, 3.63) is 45.1 Å². The van der Waals surface area contributed by atoms with Crippen molar-refractivity contribution in [3.8, 4) is 11.5 Å². The van der Waals surface area contributed by atoms with Gasteiger partial charge in [-0.25, -0.2) is 0 Å². The second kappa shape index (κ2) is 6.97. The Hall–Kier alpha value is -1.23. The van der Waals surface area contributed by atoms with Crippen LogP contribution in [0.1, 0.15) is 29.8 Å². The first kappa shape index (κ1) is 15.2. The van der Waals surface area contributed by atoms with E-state index >= 15 is 0 Å². The van der Waals surface area contributed by atoms with Gasteiger partial charge in [-0.3, -0.25) is 0 Å². The molecule has 0 fully saturated rings. The third-order valence-corrected chi connectivity index (χ3v) is 4.38. The minimum absolute atomic E-state index is 0.144. The molecule has 1 aromatic heterocycles. The van der Waals surface area contributed by atoms with E-state index in [0.717, 1.165) is 12.0 Å². The molecule has 0 bridgehead atoms. The number of benzene rings is 1. The highest BCUT2D eigenvalue weighted by atomic mass is 35.5. The zero-order valence-electron chi connectivity index (χ0n) is 11.5. The van der Waals surface area contributed by atoms with Gasteiger partial charge in [-0.05, 0) is 23.9 Å². The van der Waals surface area contributed by atoms with Gasteiger partial charge in [0.1, 0.15) is 0 Å². The van der Waals surface area contributed by atoms with Crippen LogP contribution in [0.5, 0.6) is 11.5 Å². The smallest absolute Gasteiger partial charge is 0.162 e. The molecule has 2 aromatic rings. The first-order chi connectivity index (χ1) is 9.65. The number of aromatic hydroxyl groups is 1. The Morgan fingerprint density at radius 3 is 2.85 bits per heavy atom. The summed E-state index contributed by atoms with van der Waals surface area (Å²) in [6, 6.07) is 7.80. The van der Waals surface area contributed by atoms with Crippen molar-refractivity contribution in [2.24, 2.45) is 0 Å². The van der Waals surface area contributed by atoms with Gasteiger partial charge < -0.3 is 15.2 Å². The Kier molecular flexibility index (Phi) is 5.29. The number of phenols is 1. The monoisotopic (exact) mass is 311 g/mol. The summed E-state index contributed by atoms with van der Waals surface area (Å²) in [5, 5.41) is 16.2. The van der Waals surface area contributed by atoms with Gasteiger partial charge in [-0.1, -0.05) is 24.6 Å². The molecule has 2 rings (SSSR count). The van der Waals surface area contributed by atoms with Crippen LogP contribution in [-0.4, -0.2) is 12.2 Å². The molecule has 2 N–H and O–H groups in total. The molecule has 0 aliphatic heterocycles. The number of ether oxygens (including phenoxy) is 1. The van der Waals surface area contributed by atoms with E-state index in [1.807, 2.05) is 6.07 Å². The number of halogens is 1. The van der Waals surface area contributed by atoms with Crippen molar-refractivity contribution in [2.75, 3.05) is 7.11 Å². The van der Waals surface area contributed by atoms with Gasteiger partial charge >= 0.3 is 0 Å². The summed E-state index contributed by atoms with van der Waals surface area (Å²) in [5.41, 5.74) is 0.740. The summed E-state index contributed by atoms with van der Waals surface area (Å²) in [7, 11) is 1.52. The van der Waals surface area contributed by atoms with E-state index in [1.54, 1.807) is 23.5 Å². The number of hydrogen-bond donors (Lipinski definition) is 2. The second-order valence-electron chi connectivity index (χ2n) is 4.47. The molecule has 0 aliphatic rings. The lowest BCUT2D eigenvalue weighted by atomic mass is 10.1. The summed E-state index contributed by atoms with van der Waals surface area (Å²) in [5.74, 6) is 0.545. The lowest BCUT2D eigenvalue weighted by Gasteiger charge is -2.17. The number of rotatable bonds is 6. The van der Waals surface area contributed by atoms with Crippen molar-refractivity contribution in [3.63, 3.8) is 0 Å². The molecule has 3 nitrogen and oxygen atoms in total. The molecule has 0 amide bonds. The van der Waals surface area contributed by atoms with Crippen LogP contribution in [0.3, 0.4) is 0 Å². The van der Waals surface area contributed by atoms with Gasteiger partial charge in [-0.15, -0.1) is 11.3 Å². The van der Waals surface area contributed by atoms with Crippen LogP contribution in [0.4, 0.5) is 0 Å². The maximum absolute atomic E-state index is 10.1. The zero-order chi connectivity index (χ0) is 14.5. The molecule has 5 heteroatoms. The fourth-order valence-corrected chi connectivity index (χ4v) is 3.20. The summed E-state index contributed by atoms with van der Waals surface area (Å²) in [6.45, 7) is 2.68. The predicted molar refractivity (Wildman–Crippen MR) is 83.9 cm³/mol. The molecule has 1 atom stereocenters. The Balaban J connectivity index is 2.12. The van der Waals surface area contributed by atoms with Crippen molar-refractivity contribution >= 4 is 22.9 Å². The average molecular weight is 312 g/mol. The second-order valence-corrected chi connectivity index (χ2v) is 5.89. The molecule has 1 aromatic carbocycles. The van der Waals surface area contributed by atoms with Crippen LogP contribution in [-0.2, 0) is 6.54 Å². The van der Waals surface area contributed by atoms with E-state index in [9.17, 15) is 5.11 Å². The molecule has 0 saturated carbocycles. The third-order valence-electron chi connectivity index (χ3n) is 3.17. The maximum Gasteiger partial charge on any atom is 0.162 e. The van der Waals surface area contributed by atoms with E-state index in [2.05, 4.69) is 23.7 Å². The van der Waals surface area contributed by atoms with Crippen LogP contribution >= 0.6 is 22.9 Å². The lowest BCUT2D eigenvalue weighted by molar-refractivity contribution is 0.368. The maximum atomic E-state index is 10.1. The normalized spacial score (nSPS) is 12.3. The Morgan fingerprint density at radius 1 is 1.45 bits per heavy atom. The van der Waals surface area contributed by atoms with E-state index in [4.69, 9.17) is 16.3 Å². The Labute approximate surface area is 128 Å². The molecular weight excluding hydrogens is 294 g/mol. The van der Waals surface area contributed by atoms with Crippen molar-refractivity contribution < 1.29 is 9.84 Å². The first-order valence-corrected chi connectivity index (χ1v) is 7.73. The largest absolute Gasteiger partial charge is 0.504 e. The fraction of sp³-hybridized carbons (Fsp3) is 0.333.